The van der Waals surface area contributed by atoms with Gasteiger partial charge >= 0.3 is 0 Å². The van der Waals surface area contributed by atoms with Crippen LogP contribution in [0.4, 0.5) is 0 Å². The number of nitrogens with one attached hydrogen (secondary N) is 1. The van der Waals surface area contributed by atoms with E-state index in [0.29, 0.717) is 0 Å². The first-order chi connectivity index (χ1) is 8.72. The molecule has 0 spiro atoms. The summed E-state index contributed by atoms with van der Waals surface area (Å²) in [5.74, 6) is 1.09. The molecule has 0 aliphatic carbocycles. The van der Waals surface area contributed by atoms with E-state index in [1.165, 1.54) is 16.7 Å². The molecule has 1 aliphatic rings. The molecule has 1 aliphatic heterocycles. The number of likely N-dealkylation sites (N-methyl/N-ethyl adjacent to an activating group) is 1. The highest BCUT2D eigenvalue weighted by molar-refractivity contribution is 5.36. The number of rotatable bonds is 4. The molecule has 18 heavy (non-hydrogen) atoms. The zero-order valence-corrected chi connectivity index (χ0v) is 11.6. The van der Waals surface area contributed by atoms with E-state index in [1.54, 1.807) is 0 Å². The second-order valence-electron chi connectivity index (χ2n) is 4.95. The number of hydrogen-bond donors (Lipinski definition) is 1. The van der Waals surface area contributed by atoms with Crippen molar-refractivity contribution in [3.05, 3.63) is 46.7 Å². The minimum Gasteiger partial charge on any atom is -0.496 e. The van der Waals surface area contributed by atoms with E-state index in [4.69, 9.17) is 4.74 Å². The second-order valence-corrected chi connectivity index (χ2v) is 4.95. The van der Waals surface area contributed by atoms with Crippen LogP contribution in [0.25, 0.3) is 0 Å². The first-order valence-corrected chi connectivity index (χ1v) is 6.85. The van der Waals surface area contributed by atoms with Gasteiger partial charge in [0.25, 0.3) is 0 Å². The molecule has 0 amide bonds. The van der Waals surface area contributed by atoms with Crippen molar-refractivity contribution in [1.82, 2.24) is 5.32 Å². The predicted octanol–water partition coefficient (Wildman–Crippen LogP) is 3.65. The maximum Gasteiger partial charge on any atom is 0.113 e. The fraction of sp³-hybridized carbons (Fsp3) is 0.500. The second kappa shape index (κ2) is 6.05. The van der Waals surface area contributed by atoms with Crippen LogP contribution in [0.15, 0.2) is 30.0 Å². The summed E-state index contributed by atoms with van der Waals surface area (Å²) in [6.45, 7) is 8.24. The van der Waals surface area contributed by atoms with E-state index in [9.17, 15) is 0 Å². The van der Waals surface area contributed by atoms with Gasteiger partial charge < -0.3 is 10.1 Å². The van der Waals surface area contributed by atoms with Crippen molar-refractivity contribution in [3.63, 3.8) is 0 Å². The van der Waals surface area contributed by atoms with Crippen molar-refractivity contribution in [2.75, 3.05) is 13.2 Å². The first kappa shape index (κ1) is 13.2. The Hall–Kier alpha value is -1.28. The maximum absolute atomic E-state index is 5.84. The predicted molar refractivity (Wildman–Crippen MR) is 75.6 cm³/mol. The molecule has 1 unspecified atom stereocenters. The van der Waals surface area contributed by atoms with Crippen molar-refractivity contribution in [1.29, 1.82) is 0 Å². The third kappa shape index (κ3) is 2.94. The molecule has 1 aromatic carbocycles. The largest absolute Gasteiger partial charge is 0.496 e. The fourth-order valence-corrected chi connectivity index (χ4v) is 2.42. The Labute approximate surface area is 110 Å². The SMILES string of the molecule is CCNC(C1=CCCCO1)c1cc(C)ccc1C. The Morgan fingerprint density at radius 2 is 2.17 bits per heavy atom. The minimum absolute atomic E-state index is 0.204. The molecule has 2 heteroatoms. The Bertz CT molecular complexity index is 437. The number of allylic oxidation sites excluding steroid dienone is 1. The van der Waals surface area contributed by atoms with Crippen LogP contribution < -0.4 is 5.32 Å². The maximum atomic E-state index is 5.84. The summed E-state index contributed by atoms with van der Waals surface area (Å²) >= 11 is 0. The van der Waals surface area contributed by atoms with Crippen molar-refractivity contribution >= 4 is 0 Å². The molecule has 0 bridgehead atoms. The van der Waals surface area contributed by atoms with Crippen LogP contribution >= 0.6 is 0 Å². The Kier molecular flexibility index (Phi) is 4.43. The monoisotopic (exact) mass is 245 g/mol. The van der Waals surface area contributed by atoms with Crippen molar-refractivity contribution in [2.45, 2.75) is 39.7 Å². The summed E-state index contributed by atoms with van der Waals surface area (Å²) in [7, 11) is 0. The summed E-state index contributed by atoms with van der Waals surface area (Å²) in [4.78, 5) is 0. The topological polar surface area (TPSA) is 21.3 Å². The Morgan fingerprint density at radius 3 is 2.83 bits per heavy atom. The van der Waals surface area contributed by atoms with Crippen LogP contribution in [0.3, 0.4) is 0 Å². The van der Waals surface area contributed by atoms with Gasteiger partial charge in [-0.15, -0.1) is 0 Å². The molecule has 98 valence electrons. The Balaban J connectivity index is 2.34. The number of benzene rings is 1. The average Bonchev–Trinajstić information content (AvgIpc) is 2.40. The standard InChI is InChI=1S/C16H23NO/c1-4-17-16(15-7-5-6-10-18-15)14-11-12(2)8-9-13(14)3/h7-9,11,16-17H,4-6,10H2,1-3H3. The van der Waals surface area contributed by atoms with Gasteiger partial charge in [0.15, 0.2) is 0 Å². The number of ether oxygens (including phenoxy) is 1. The van der Waals surface area contributed by atoms with Crippen molar-refractivity contribution in [3.8, 4) is 0 Å². The van der Waals surface area contributed by atoms with E-state index in [-0.39, 0.29) is 6.04 Å². The van der Waals surface area contributed by atoms with Crippen LogP contribution in [-0.4, -0.2) is 13.2 Å². The van der Waals surface area contributed by atoms with Gasteiger partial charge in [-0.25, -0.2) is 0 Å². The van der Waals surface area contributed by atoms with Crippen LogP contribution in [0.2, 0.25) is 0 Å². The van der Waals surface area contributed by atoms with Gasteiger partial charge in [-0.05, 0) is 50.4 Å². The van der Waals surface area contributed by atoms with E-state index < -0.39 is 0 Å². The molecule has 0 saturated heterocycles. The summed E-state index contributed by atoms with van der Waals surface area (Å²) < 4.78 is 5.84. The lowest BCUT2D eigenvalue weighted by atomic mass is 9.96. The molecule has 2 rings (SSSR count). The highest BCUT2D eigenvalue weighted by atomic mass is 16.5. The molecule has 0 aromatic heterocycles. The van der Waals surface area contributed by atoms with Crippen LogP contribution in [-0.2, 0) is 4.74 Å². The Morgan fingerprint density at radius 1 is 1.33 bits per heavy atom. The quantitative estimate of drug-likeness (QED) is 0.874. The molecule has 1 N–H and O–H groups in total. The summed E-state index contributed by atoms with van der Waals surface area (Å²) in [5.41, 5.74) is 3.96. The summed E-state index contributed by atoms with van der Waals surface area (Å²) in [5, 5.41) is 3.54. The molecule has 0 saturated carbocycles. The first-order valence-electron chi connectivity index (χ1n) is 6.85. The van der Waals surface area contributed by atoms with Crippen molar-refractivity contribution < 1.29 is 4.74 Å². The molecule has 0 fully saturated rings. The highest BCUT2D eigenvalue weighted by Crippen LogP contribution is 2.28. The summed E-state index contributed by atoms with van der Waals surface area (Å²) in [6, 6.07) is 6.83. The lowest BCUT2D eigenvalue weighted by molar-refractivity contribution is 0.168. The smallest absolute Gasteiger partial charge is 0.113 e. The minimum atomic E-state index is 0.204. The van der Waals surface area contributed by atoms with Crippen LogP contribution in [0, 0.1) is 13.8 Å². The van der Waals surface area contributed by atoms with Gasteiger partial charge in [-0.3, -0.25) is 0 Å². The molecular formula is C16H23NO. The van der Waals surface area contributed by atoms with Crippen LogP contribution in [0.5, 0.6) is 0 Å². The number of aryl methyl sites for hydroxylation is 2. The fourth-order valence-electron chi connectivity index (χ4n) is 2.42. The normalized spacial score (nSPS) is 16.9. The molecular weight excluding hydrogens is 222 g/mol. The lowest BCUT2D eigenvalue weighted by Crippen LogP contribution is -2.26. The van der Waals surface area contributed by atoms with Gasteiger partial charge in [-0.1, -0.05) is 30.7 Å². The van der Waals surface area contributed by atoms with Gasteiger partial charge in [-0.2, -0.15) is 0 Å². The third-order valence-corrected chi connectivity index (χ3v) is 3.40. The van der Waals surface area contributed by atoms with Gasteiger partial charge in [0.2, 0.25) is 0 Å². The van der Waals surface area contributed by atoms with Gasteiger partial charge in [0.05, 0.1) is 12.6 Å². The molecule has 0 radical (unpaired) electrons. The van der Waals surface area contributed by atoms with E-state index in [0.717, 1.165) is 31.8 Å². The highest BCUT2D eigenvalue weighted by Gasteiger charge is 2.20. The van der Waals surface area contributed by atoms with E-state index in [2.05, 4.69) is 50.4 Å². The van der Waals surface area contributed by atoms with Crippen LogP contribution in [0.1, 0.15) is 42.5 Å². The molecule has 2 nitrogen and oxygen atoms in total. The van der Waals surface area contributed by atoms with Gasteiger partial charge in [0.1, 0.15) is 5.76 Å². The van der Waals surface area contributed by atoms with E-state index in [1.807, 2.05) is 0 Å². The van der Waals surface area contributed by atoms with E-state index >= 15 is 0 Å². The summed E-state index contributed by atoms with van der Waals surface area (Å²) in [6.07, 6.45) is 4.50. The third-order valence-electron chi connectivity index (χ3n) is 3.40. The molecule has 1 heterocycles. The lowest BCUT2D eigenvalue weighted by Gasteiger charge is -2.26. The average molecular weight is 245 g/mol. The number of hydrogen-bond acceptors (Lipinski definition) is 2. The van der Waals surface area contributed by atoms with Crippen molar-refractivity contribution in [2.24, 2.45) is 0 Å². The zero-order chi connectivity index (χ0) is 13.0. The molecule has 1 aromatic rings. The van der Waals surface area contributed by atoms with Gasteiger partial charge in [0, 0.05) is 0 Å². The molecule has 1 atom stereocenters. The zero-order valence-electron chi connectivity index (χ0n) is 11.6.